The van der Waals surface area contributed by atoms with Gasteiger partial charge < -0.3 is 20.9 Å². The van der Waals surface area contributed by atoms with Crippen LogP contribution in [0, 0.1) is 0 Å². The Balaban J connectivity index is 1.98. The molecule has 0 spiro atoms. The first-order chi connectivity index (χ1) is 10.2. The normalized spacial score (nSPS) is 10.6. The number of hydrogen-bond donors (Lipinski definition) is 3. The Labute approximate surface area is 126 Å². The second-order valence-electron chi connectivity index (χ2n) is 4.38. The topological polar surface area (TPSA) is 111 Å². The molecule has 114 valence electrons. The predicted octanol–water partition coefficient (Wildman–Crippen LogP) is 1.09. The van der Waals surface area contributed by atoms with Crippen LogP contribution in [0.4, 0.5) is 10.9 Å². The van der Waals surface area contributed by atoms with E-state index in [4.69, 9.17) is 5.73 Å². The summed E-state index contributed by atoms with van der Waals surface area (Å²) >= 11 is 1.25. The van der Waals surface area contributed by atoms with Crippen molar-refractivity contribution in [2.24, 2.45) is 0 Å². The van der Waals surface area contributed by atoms with E-state index in [1.807, 2.05) is 11.5 Å². The molecule has 0 saturated heterocycles. The van der Waals surface area contributed by atoms with Crippen LogP contribution < -0.4 is 16.4 Å². The lowest BCUT2D eigenvalue weighted by Crippen LogP contribution is -2.24. The molecule has 4 N–H and O–H groups in total. The molecule has 0 radical (unpaired) electrons. The number of hydrogen-bond acceptors (Lipinski definition) is 7. The average molecular weight is 309 g/mol. The van der Waals surface area contributed by atoms with Gasteiger partial charge in [0.05, 0.1) is 6.54 Å². The molecule has 0 unspecified atom stereocenters. The van der Waals surface area contributed by atoms with Crippen molar-refractivity contribution in [1.29, 1.82) is 0 Å². The van der Waals surface area contributed by atoms with E-state index in [0.717, 1.165) is 19.5 Å². The van der Waals surface area contributed by atoms with Crippen molar-refractivity contribution < 1.29 is 4.79 Å². The molecule has 1 amide bonds. The van der Waals surface area contributed by atoms with Crippen LogP contribution in [0.2, 0.25) is 0 Å². The average Bonchev–Trinajstić information content (AvgIpc) is 3.08. The maximum atomic E-state index is 12.1. The van der Waals surface area contributed by atoms with E-state index >= 15 is 0 Å². The number of nitrogen functional groups attached to an aromatic ring is 1. The summed E-state index contributed by atoms with van der Waals surface area (Å²) in [6.07, 6.45) is 2.61. The highest BCUT2D eigenvalue weighted by Crippen LogP contribution is 2.24. The minimum Gasteiger partial charge on any atom is -0.382 e. The fourth-order valence-corrected chi connectivity index (χ4v) is 2.55. The van der Waals surface area contributed by atoms with Crippen molar-refractivity contribution in [1.82, 2.24) is 25.1 Å². The van der Waals surface area contributed by atoms with E-state index in [1.54, 1.807) is 6.33 Å². The molecule has 8 nitrogen and oxygen atoms in total. The summed E-state index contributed by atoms with van der Waals surface area (Å²) in [6, 6.07) is 0. The maximum absolute atomic E-state index is 12.1. The third-order valence-corrected chi connectivity index (χ3v) is 3.86. The lowest BCUT2D eigenvalue weighted by Gasteiger charge is -2.04. The lowest BCUT2D eigenvalue weighted by molar-refractivity contribution is 0.0954. The molecule has 0 aliphatic rings. The van der Waals surface area contributed by atoms with Gasteiger partial charge in [-0.05, 0) is 13.3 Å². The first kappa shape index (κ1) is 15.2. The Hall–Kier alpha value is -2.16. The molecule has 0 fully saturated rings. The first-order valence-electron chi connectivity index (χ1n) is 6.80. The summed E-state index contributed by atoms with van der Waals surface area (Å²) in [7, 11) is 0. The van der Waals surface area contributed by atoms with E-state index in [1.165, 1.54) is 11.3 Å². The largest absolute Gasteiger partial charge is 0.382 e. The lowest BCUT2D eigenvalue weighted by atomic mass is 10.4. The van der Waals surface area contributed by atoms with Crippen molar-refractivity contribution in [2.75, 3.05) is 17.6 Å². The summed E-state index contributed by atoms with van der Waals surface area (Å²) < 4.78 is 1.87. The van der Waals surface area contributed by atoms with Gasteiger partial charge in [0.15, 0.2) is 11.0 Å². The third-order valence-electron chi connectivity index (χ3n) is 2.83. The standard InChI is InChI=1S/C12H19N7OS/c1-3-5-14-12-17-10(13)9(21-12)11(20)15-6-8-18-16-7-19(8)4-2/h7H,3-6,13H2,1-2H3,(H,14,17)(H,15,20). The molecule has 0 aliphatic carbocycles. The zero-order valence-electron chi connectivity index (χ0n) is 12.1. The van der Waals surface area contributed by atoms with Gasteiger partial charge >= 0.3 is 0 Å². The molecule has 2 aromatic rings. The number of nitrogens with zero attached hydrogens (tertiary/aromatic N) is 4. The number of aromatic nitrogens is 4. The Bertz CT molecular complexity index is 607. The Morgan fingerprint density at radius 3 is 3.00 bits per heavy atom. The summed E-state index contributed by atoms with van der Waals surface area (Å²) in [6.45, 7) is 5.91. The number of rotatable bonds is 7. The van der Waals surface area contributed by atoms with Crippen molar-refractivity contribution in [3.05, 3.63) is 17.0 Å². The zero-order valence-corrected chi connectivity index (χ0v) is 12.9. The molecule has 2 aromatic heterocycles. The number of amides is 1. The molecule has 2 heterocycles. The number of nitrogens with one attached hydrogen (secondary N) is 2. The minimum absolute atomic E-state index is 0.244. The Morgan fingerprint density at radius 2 is 2.29 bits per heavy atom. The van der Waals surface area contributed by atoms with Gasteiger partial charge in [0.2, 0.25) is 0 Å². The molecule has 0 aliphatic heterocycles. The summed E-state index contributed by atoms with van der Waals surface area (Å²) in [5.41, 5.74) is 5.78. The Morgan fingerprint density at radius 1 is 1.48 bits per heavy atom. The van der Waals surface area contributed by atoms with Crippen LogP contribution in [0.3, 0.4) is 0 Å². The quantitative estimate of drug-likeness (QED) is 0.706. The van der Waals surface area contributed by atoms with E-state index in [0.29, 0.717) is 22.4 Å². The van der Waals surface area contributed by atoms with E-state index < -0.39 is 0 Å². The van der Waals surface area contributed by atoms with Gasteiger partial charge in [-0.25, -0.2) is 4.98 Å². The van der Waals surface area contributed by atoms with Crippen LogP contribution in [-0.2, 0) is 13.1 Å². The van der Waals surface area contributed by atoms with Crippen LogP contribution in [0.5, 0.6) is 0 Å². The molecule has 0 aromatic carbocycles. The number of anilines is 2. The highest BCUT2D eigenvalue weighted by molar-refractivity contribution is 7.18. The van der Waals surface area contributed by atoms with Crippen LogP contribution in [0.25, 0.3) is 0 Å². The van der Waals surface area contributed by atoms with Crippen molar-refractivity contribution >= 4 is 28.2 Å². The number of nitrogens with two attached hydrogens (primary N) is 1. The van der Waals surface area contributed by atoms with Gasteiger partial charge in [-0.1, -0.05) is 18.3 Å². The maximum Gasteiger partial charge on any atom is 0.265 e. The SMILES string of the molecule is CCCNc1nc(N)c(C(=O)NCc2nncn2CC)s1. The molecule has 0 bridgehead atoms. The van der Waals surface area contributed by atoms with Gasteiger partial charge in [0.25, 0.3) is 5.91 Å². The van der Waals surface area contributed by atoms with Crippen molar-refractivity contribution in [3.8, 4) is 0 Å². The van der Waals surface area contributed by atoms with E-state index in [2.05, 4.69) is 32.7 Å². The molecule has 2 rings (SSSR count). The highest BCUT2D eigenvalue weighted by Gasteiger charge is 2.16. The second kappa shape index (κ2) is 7.02. The summed E-state index contributed by atoms with van der Waals surface area (Å²) in [5, 5.41) is 14.3. The fourth-order valence-electron chi connectivity index (χ4n) is 1.72. The number of thiazole rings is 1. The van der Waals surface area contributed by atoms with E-state index in [-0.39, 0.29) is 11.7 Å². The van der Waals surface area contributed by atoms with Crippen LogP contribution in [-0.4, -0.2) is 32.2 Å². The highest BCUT2D eigenvalue weighted by atomic mass is 32.1. The van der Waals surface area contributed by atoms with Crippen molar-refractivity contribution in [3.63, 3.8) is 0 Å². The molecule has 21 heavy (non-hydrogen) atoms. The van der Waals surface area contributed by atoms with Crippen molar-refractivity contribution in [2.45, 2.75) is 33.4 Å². The molecular weight excluding hydrogens is 290 g/mol. The number of carbonyl (C=O) groups excluding carboxylic acids is 1. The third kappa shape index (κ3) is 3.69. The van der Waals surface area contributed by atoms with Gasteiger partial charge in [-0.3, -0.25) is 4.79 Å². The van der Waals surface area contributed by atoms with Gasteiger partial charge in [0, 0.05) is 13.1 Å². The minimum atomic E-state index is -0.250. The predicted molar refractivity (Wildman–Crippen MR) is 82.2 cm³/mol. The molecule has 0 saturated carbocycles. The van der Waals surface area contributed by atoms with Gasteiger partial charge in [-0.15, -0.1) is 10.2 Å². The smallest absolute Gasteiger partial charge is 0.265 e. The monoisotopic (exact) mass is 309 g/mol. The molecule has 0 atom stereocenters. The zero-order chi connectivity index (χ0) is 15.2. The van der Waals surface area contributed by atoms with Crippen LogP contribution in [0.1, 0.15) is 35.8 Å². The van der Waals surface area contributed by atoms with Crippen LogP contribution >= 0.6 is 11.3 Å². The summed E-state index contributed by atoms with van der Waals surface area (Å²) in [4.78, 5) is 16.7. The fraction of sp³-hybridized carbons (Fsp3) is 0.500. The second-order valence-corrected chi connectivity index (χ2v) is 5.38. The molecule has 9 heteroatoms. The first-order valence-corrected chi connectivity index (χ1v) is 7.62. The number of carbonyl (C=O) groups is 1. The molecular formula is C12H19N7OS. The van der Waals surface area contributed by atoms with Crippen LogP contribution in [0.15, 0.2) is 6.33 Å². The number of aryl methyl sites for hydroxylation is 1. The van der Waals surface area contributed by atoms with Gasteiger partial charge in [-0.2, -0.15) is 0 Å². The van der Waals surface area contributed by atoms with E-state index in [9.17, 15) is 4.79 Å². The summed E-state index contributed by atoms with van der Waals surface area (Å²) in [5.74, 6) is 0.700. The van der Waals surface area contributed by atoms with Gasteiger partial charge in [0.1, 0.15) is 17.0 Å². The Kier molecular flexibility index (Phi) is 5.09.